The zero-order valence-electron chi connectivity index (χ0n) is 20.6. The molecule has 5 aromatic rings. The van der Waals surface area contributed by atoms with Gasteiger partial charge < -0.3 is 21.1 Å². The molecule has 2 amide bonds. The predicted octanol–water partition coefficient (Wildman–Crippen LogP) is 6.64. The summed E-state index contributed by atoms with van der Waals surface area (Å²) in [5.41, 5.74) is 7.72. The molecular weight excluding hydrogens is 523 g/mol. The molecule has 0 radical (unpaired) electrons. The normalized spacial score (nSPS) is 11.1. The van der Waals surface area contributed by atoms with E-state index >= 15 is 0 Å². The first kappa shape index (κ1) is 26.1. The van der Waals surface area contributed by atoms with Gasteiger partial charge in [0.05, 0.1) is 29.3 Å². The molecule has 200 valence electrons. The second-order valence-electron chi connectivity index (χ2n) is 8.40. The van der Waals surface area contributed by atoms with Crippen molar-refractivity contribution >= 4 is 23.2 Å². The predicted molar refractivity (Wildman–Crippen MR) is 144 cm³/mol. The molecule has 3 aromatic heterocycles. The number of aromatic nitrogens is 4. The Balaban J connectivity index is 1.26. The molecule has 9 nitrogen and oxygen atoms in total. The summed E-state index contributed by atoms with van der Waals surface area (Å²) in [7, 11) is 0. The number of ether oxygens (including phenoxy) is 1. The Morgan fingerprint density at radius 1 is 0.800 bits per heavy atom. The standard InChI is InChI=1S/C28H20F3N7O2/c29-28(30,31)19-7-10-22(18-3-1-11-33-14-18)24(13-19)38-26(39)37-20-15-35-27(36-16-20)40-21-8-5-17(6-9-21)23-4-2-12-34-25(23)32/h1-16H,(H2,32,34)(H2,37,38,39). The smallest absolute Gasteiger partial charge is 0.416 e. The summed E-state index contributed by atoms with van der Waals surface area (Å²) in [5.74, 6) is 0.880. The number of nitrogens with one attached hydrogen (secondary N) is 2. The van der Waals surface area contributed by atoms with Crippen molar-refractivity contribution in [3.63, 3.8) is 0 Å². The van der Waals surface area contributed by atoms with Crippen LogP contribution in [0.25, 0.3) is 22.3 Å². The van der Waals surface area contributed by atoms with Gasteiger partial charge in [-0.3, -0.25) is 4.98 Å². The molecule has 0 aliphatic heterocycles. The number of nitrogens with zero attached hydrogens (tertiary/aromatic N) is 4. The molecule has 5 rings (SSSR count). The van der Waals surface area contributed by atoms with Crippen LogP contribution in [0.3, 0.4) is 0 Å². The Hall–Kier alpha value is -5.52. The van der Waals surface area contributed by atoms with Gasteiger partial charge in [-0.25, -0.2) is 19.7 Å². The fourth-order valence-electron chi connectivity index (χ4n) is 3.79. The highest BCUT2D eigenvalue weighted by Crippen LogP contribution is 2.36. The molecule has 0 aliphatic carbocycles. The Labute approximate surface area is 225 Å². The van der Waals surface area contributed by atoms with E-state index in [2.05, 4.69) is 30.6 Å². The molecule has 0 unspecified atom stereocenters. The molecule has 2 aromatic carbocycles. The van der Waals surface area contributed by atoms with Crippen molar-refractivity contribution in [3.8, 4) is 34.0 Å². The van der Waals surface area contributed by atoms with Crippen LogP contribution in [0.1, 0.15) is 5.56 Å². The third-order valence-electron chi connectivity index (χ3n) is 5.67. The lowest BCUT2D eigenvalue weighted by Crippen LogP contribution is -2.20. The SMILES string of the molecule is Nc1ncccc1-c1ccc(Oc2ncc(NC(=O)Nc3cc(C(F)(F)F)ccc3-c3cccnc3)cn2)cc1. The third-order valence-corrected chi connectivity index (χ3v) is 5.67. The molecular formula is C28H20F3N7O2. The van der Waals surface area contributed by atoms with E-state index in [1.54, 1.807) is 36.5 Å². The first-order chi connectivity index (χ1) is 19.3. The Bertz CT molecular complexity index is 1630. The van der Waals surface area contributed by atoms with Crippen molar-refractivity contribution in [2.24, 2.45) is 0 Å². The molecule has 0 saturated heterocycles. The number of nitrogen functional groups attached to an aromatic ring is 1. The summed E-state index contributed by atoms with van der Waals surface area (Å²) >= 11 is 0. The van der Waals surface area contributed by atoms with Crippen LogP contribution in [0.5, 0.6) is 11.8 Å². The van der Waals surface area contributed by atoms with Gasteiger partial charge in [-0.2, -0.15) is 13.2 Å². The van der Waals surface area contributed by atoms with E-state index in [1.165, 1.54) is 30.9 Å². The monoisotopic (exact) mass is 543 g/mol. The number of rotatable bonds is 6. The van der Waals surface area contributed by atoms with Crippen molar-refractivity contribution in [3.05, 3.63) is 103 Å². The number of carbonyl (C=O) groups excluding carboxylic acids is 1. The van der Waals surface area contributed by atoms with Crippen LogP contribution in [0.4, 0.5) is 35.2 Å². The number of nitrogens with two attached hydrogens (primary N) is 1. The van der Waals surface area contributed by atoms with Crippen LogP contribution in [-0.2, 0) is 6.18 Å². The van der Waals surface area contributed by atoms with Gasteiger partial charge in [0.2, 0.25) is 0 Å². The molecule has 4 N–H and O–H groups in total. The maximum absolute atomic E-state index is 13.3. The fourth-order valence-corrected chi connectivity index (χ4v) is 3.79. The minimum Gasteiger partial charge on any atom is -0.424 e. The first-order valence-corrected chi connectivity index (χ1v) is 11.8. The average Bonchev–Trinajstić information content (AvgIpc) is 2.95. The van der Waals surface area contributed by atoms with Gasteiger partial charge in [0, 0.05) is 35.3 Å². The summed E-state index contributed by atoms with van der Waals surface area (Å²) in [4.78, 5) is 28.9. The summed E-state index contributed by atoms with van der Waals surface area (Å²) in [5, 5.41) is 4.97. The van der Waals surface area contributed by atoms with Crippen molar-refractivity contribution in [1.82, 2.24) is 19.9 Å². The van der Waals surface area contributed by atoms with Gasteiger partial charge in [-0.15, -0.1) is 0 Å². The zero-order chi connectivity index (χ0) is 28.1. The molecule has 0 fully saturated rings. The maximum Gasteiger partial charge on any atom is 0.416 e. The number of urea groups is 1. The average molecular weight is 544 g/mol. The number of hydrogen-bond donors (Lipinski definition) is 3. The van der Waals surface area contributed by atoms with Gasteiger partial charge in [0.25, 0.3) is 0 Å². The van der Waals surface area contributed by atoms with E-state index in [9.17, 15) is 18.0 Å². The Morgan fingerprint density at radius 3 is 2.23 bits per heavy atom. The highest BCUT2D eigenvalue weighted by Gasteiger charge is 2.31. The van der Waals surface area contributed by atoms with Crippen LogP contribution in [0.2, 0.25) is 0 Å². The van der Waals surface area contributed by atoms with Crippen LogP contribution in [-0.4, -0.2) is 26.0 Å². The number of alkyl halides is 3. The lowest BCUT2D eigenvalue weighted by molar-refractivity contribution is -0.137. The number of pyridine rings is 2. The number of halogens is 3. The summed E-state index contributed by atoms with van der Waals surface area (Å²) < 4.78 is 45.6. The number of hydrogen-bond acceptors (Lipinski definition) is 7. The lowest BCUT2D eigenvalue weighted by atomic mass is 10.0. The van der Waals surface area contributed by atoms with E-state index in [0.29, 0.717) is 22.7 Å². The molecule has 12 heteroatoms. The van der Waals surface area contributed by atoms with Crippen molar-refractivity contribution in [1.29, 1.82) is 0 Å². The van der Waals surface area contributed by atoms with Crippen LogP contribution in [0.15, 0.2) is 97.7 Å². The number of anilines is 3. The molecule has 0 atom stereocenters. The molecule has 0 aliphatic rings. The quantitative estimate of drug-likeness (QED) is 0.219. The second kappa shape index (κ2) is 11.1. The zero-order valence-corrected chi connectivity index (χ0v) is 20.6. The van der Waals surface area contributed by atoms with Crippen molar-refractivity contribution in [2.75, 3.05) is 16.4 Å². The molecule has 3 heterocycles. The van der Waals surface area contributed by atoms with E-state index in [4.69, 9.17) is 10.5 Å². The highest BCUT2D eigenvalue weighted by molar-refractivity contribution is 6.02. The van der Waals surface area contributed by atoms with Crippen LogP contribution >= 0.6 is 0 Å². The number of benzene rings is 2. The van der Waals surface area contributed by atoms with Crippen LogP contribution in [0, 0.1) is 0 Å². The molecule has 0 bridgehead atoms. The van der Waals surface area contributed by atoms with E-state index in [1.807, 2.05) is 18.2 Å². The number of amides is 2. The van der Waals surface area contributed by atoms with Gasteiger partial charge in [-0.1, -0.05) is 24.3 Å². The minimum absolute atomic E-state index is 0.0244. The van der Waals surface area contributed by atoms with Crippen molar-refractivity contribution < 1.29 is 22.7 Å². The largest absolute Gasteiger partial charge is 0.424 e. The summed E-state index contributed by atoms with van der Waals surface area (Å²) in [6.07, 6.45) is 2.66. The third kappa shape index (κ3) is 6.13. The van der Waals surface area contributed by atoms with Gasteiger partial charge in [0.1, 0.15) is 11.6 Å². The Morgan fingerprint density at radius 2 is 1.55 bits per heavy atom. The van der Waals surface area contributed by atoms with Crippen LogP contribution < -0.4 is 21.1 Å². The van der Waals surface area contributed by atoms with Crippen molar-refractivity contribution in [2.45, 2.75) is 6.18 Å². The number of carbonyl (C=O) groups is 1. The highest BCUT2D eigenvalue weighted by atomic mass is 19.4. The van der Waals surface area contributed by atoms with Gasteiger partial charge in [-0.05, 0) is 48.0 Å². The van der Waals surface area contributed by atoms with Gasteiger partial charge in [0.15, 0.2) is 0 Å². The molecule has 0 spiro atoms. The summed E-state index contributed by atoms with van der Waals surface area (Å²) in [6, 6.07) is 16.4. The van der Waals surface area contributed by atoms with E-state index in [0.717, 1.165) is 23.3 Å². The minimum atomic E-state index is -4.59. The first-order valence-electron chi connectivity index (χ1n) is 11.8. The topological polar surface area (TPSA) is 128 Å². The summed E-state index contributed by atoms with van der Waals surface area (Å²) in [6.45, 7) is 0. The molecule has 0 saturated carbocycles. The second-order valence-corrected chi connectivity index (χ2v) is 8.40. The lowest BCUT2D eigenvalue weighted by Gasteiger charge is -2.15. The van der Waals surface area contributed by atoms with Gasteiger partial charge >= 0.3 is 18.2 Å². The van der Waals surface area contributed by atoms with E-state index in [-0.39, 0.29) is 17.4 Å². The Kier molecular flexibility index (Phi) is 7.22. The van der Waals surface area contributed by atoms with E-state index < -0.39 is 17.8 Å². The maximum atomic E-state index is 13.3. The molecule has 40 heavy (non-hydrogen) atoms. The fraction of sp³-hybridized carbons (Fsp3) is 0.0357.